The van der Waals surface area contributed by atoms with Crippen molar-refractivity contribution in [3.63, 3.8) is 0 Å². The summed E-state index contributed by atoms with van der Waals surface area (Å²) in [6, 6.07) is 1.30. The Morgan fingerprint density at radius 2 is 1.90 bits per heavy atom. The summed E-state index contributed by atoms with van der Waals surface area (Å²) in [7, 11) is -4.54. The zero-order chi connectivity index (χ0) is 16.4. The molecule has 1 aromatic carbocycles. The highest BCUT2D eigenvalue weighted by molar-refractivity contribution is 7.91. The lowest BCUT2D eigenvalue weighted by molar-refractivity contribution is -0.322. The van der Waals surface area contributed by atoms with Gasteiger partial charge in [-0.3, -0.25) is 4.74 Å². The molecule has 21 heavy (non-hydrogen) atoms. The molecule has 0 atom stereocenters. The van der Waals surface area contributed by atoms with E-state index >= 15 is 0 Å². The SMILES string of the molecule is O=C(O)c1cc(Cl)cc(S(=O)(=O)CCOC(F)(F)F)c1F. The third kappa shape index (κ3) is 4.83. The summed E-state index contributed by atoms with van der Waals surface area (Å²) in [5, 5.41) is 8.31. The standard InChI is InChI=1S/C10H7ClF4O5S/c11-5-3-6(9(16)17)8(12)7(4-5)21(18,19)2-1-20-10(13,14)15/h3-4H,1-2H2,(H,16,17). The van der Waals surface area contributed by atoms with Crippen LogP contribution in [0, 0.1) is 5.82 Å². The van der Waals surface area contributed by atoms with Crippen LogP contribution >= 0.6 is 11.6 Å². The topological polar surface area (TPSA) is 80.7 Å². The maximum Gasteiger partial charge on any atom is 0.522 e. The summed E-state index contributed by atoms with van der Waals surface area (Å²) < 4.78 is 75.8. The van der Waals surface area contributed by atoms with E-state index in [1.165, 1.54) is 0 Å². The summed E-state index contributed by atoms with van der Waals surface area (Å²) in [6.45, 7) is -1.26. The monoisotopic (exact) mass is 350 g/mol. The third-order valence-corrected chi connectivity index (χ3v) is 4.08. The van der Waals surface area contributed by atoms with Crippen molar-refractivity contribution in [2.45, 2.75) is 11.3 Å². The number of rotatable bonds is 5. The fraction of sp³-hybridized carbons (Fsp3) is 0.300. The molecule has 1 rings (SSSR count). The van der Waals surface area contributed by atoms with Crippen molar-refractivity contribution in [3.8, 4) is 0 Å². The van der Waals surface area contributed by atoms with Gasteiger partial charge in [0, 0.05) is 5.02 Å². The number of carbonyl (C=O) groups is 1. The predicted octanol–water partition coefficient (Wildman–Crippen LogP) is 2.49. The molecule has 0 saturated heterocycles. The van der Waals surface area contributed by atoms with Gasteiger partial charge in [0.25, 0.3) is 0 Å². The van der Waals surface area contributed by atoms with E-state index in [2.05, 4.69) is 4.74 Å². The highest BCUT2D eigenvalue weighted by Gasteiger charge is 2.31. The van der Waals surface area contributed by atoms with E-state index in [0.29, 0.717) is 12.1 Å². The fourth-order valence-corrected chi connectivity index (χ4v) is 2.82. The average molecular weight is 351 g/mol. The molecule has 0 saturated carbocycles. The van der Waals surface area contributed by atoms with Crippen LogP contribution in [0.3, 0.4) is 0 Å². The van der Waals surface area contributed by atoms with Crippen molar-refractivity contribution < 1.29 is 40.6 Å². The lowest BCUT2D eigenvalue weighted by Gasteiger charge is -2.10. The van der Waals surface area contributed by atoms with Crippen molar-refractivity contribution in [2.75, 3.05) is 12.4 Å². The molecular weight excluding hydrogens is 344 g/mol. The molecule has 1 N–H and O–H groups in total. The van der Waals surface area contributed by atoms with E-state index in [-0.39, 0.29) is 5.02 Å². The van der Waals surface area contributed by atoms with Crippen molar-refractivity contribution in [3.05, 3.63) is 28.5 Å². The van der Waals surface area contributed by atoms with E-state index in [4.69, 9.17) is 16.7 Å². The smallest absolute Gasteiger partial charge is 0.478 e. The van der Waals surface area contributed by atoms with Crippen molar-refractivity contribution >= 4 is 27.4 Å². The number of aromatic carboxylic acids is 1. The number of ether oxygens (including phenoxy) is 1. The van der Waals surface area contributed by atoms with Gasteiger partial charge in [-0.05, 0) is 12.1 Å². The molecule has 1 aromatic rings. The van der Waals surface area contributed by atoms with Gasteiger partial charge in [-0.1, -0.05) is 11.6 Å². The van der Waals surface area contributed by atoms with Crippen LogP contribution in [0.1, 0.15) is 10.4 Å². The Morgan fingerprint density at radius 1 is 1.33 bits per heavy atom. The summed E-state index contributed by atoms with van der Waals surface area (Å²) in [4.78, 5) is 9.63. The Balaban J connectivity index is 3.12. The third-order valence-electron chi connectivity index (χ3n) is 2.19. The van der Waals surface area contributed by atoms with Gasteiger partial charge in [0.05, 0.1) is 17.9 Å². The van der Waals surface area contributed by atoms with Gasteiger partial charge in [0.15, 0.2) is 15.7 Å². The number of sulfone groups is 1. The molecular formula is C10H7ClF4O5S. The summed E-state index contributed by atoms with van der Waals surface area (Å²) in [5.74, 6) is -4.56. The van der Waals surface area contributed by atoms with Crippen molar-refractivity contribution in [2.24, 2.45) is 0 Å². The Labute approximate surface area is 121 Å². The molecule has 0 heterocycles. The number of carboxylic acid groups (broad SMARTS) is 1. The second kappa shape index (κ2) is 6.16. The fourth-order valence-electron chi connectivity index (χ4n) is 1.32. The average Bonchev–Trinajstić information content (AvgIpc) is 2.29. The highest BCUT2D eigenvalue weighted by atomic mass is 35.5. The molecule has 5 nitrogen and oxygen atoms in total. The zero-order valence-electron chi connectivity index (χ0n) is 9.95. The maximum absolute atomic E-state index is 13.8. The minimum atomic E-state index is -5.03. The number of benzene rings is 1. The summed E-state index contributed by atoms with van der Waals surface area (Å²) in [5.41, 5.74) is -1.00. The first-order chi connectivity index (χ1) is 9.44. The Kier molecular flexibility index (Phi) is 5.18. The molecule has 0 amide bonds. The Hall–Kier alpha value is -1.39. The minimum Gasteiger partial charge on any atom is -0.478 e. The van der Waals surface area contributed by atoms with Crippen LogP contribution in [-0.2, 0) is 14.6 Å². The molecule has 0 spiro atoms. The van der Waals surface area contributed by atoms with Gasteiger partial charge in [-0.2, -0.15) is 0 Å². The molecule has 0 aromatic heterocycles. The van der Waals surface area contributed by atoms with E-state index in [9.17, 15) is 30.8 Å². The second-order valence-electron chi connectivity index (χ2n) is 3.68. The highest BCUT2D eigenvalue weighted by Crippen LogP contribution is 2.25. The Bertz CT molecular complexity index is 656. The first-order valence-corrected chi connectivity index (χ1v) is 7.13. The lowest BCUT2D eigenvalue weighted by atomic mass is 10.2. The lowest BCUT2D eigenvalue weighted by Crippen LogP contribution is -2.21. The number of halogens is 5. The van der Waals surface area contributed by atoms with Gasteiger partial charge in [-0.15, -0.1) is 13.2 Å². The normalized spacial score (nSPS) is 12.4. The van der Waals surface area contributed by atoms with Crippen LogP contribution in [0.5, 0.6) is 0 Å². The van der Waals surface area contributed by atoms with Crippen LogP contribution in [0.2, 0.25) is 5.02 Å². The molecule has 0 radical (unpaired) electrons. The van der Waals surface area contributed by atoms with Crippen LogP contribution in [0.4, 0.5) is 17.6 Å². The molecule has 0 aliphatic carbocycles. The molecule has 0 aliphatic rings. The summed E-state index contributed by atoms with van der Waals surface area (Å²) >= 11 is 5.47. The Morgan fingerprint density at radius 3 is 2.38 bits per heavy atom. The number of hydrogen-bond donors (Lipinski definition) is 1. The molecule has 0 fully saturated rings. The van der Waals surface area contributed by atoms with Crippen LogP contribution in [-0.4, -0.2) is 38.2 Å². The largest absolute Gasteiger partial charge is 0.522 e. The van der Waals surface area contributed by atoms with E-state index < -0.39 is 50.8 Å². The van der Waals surface area contributed by atoms with E-state index in [1.807, 2.05) is 0 Å². The summed E-state index contributed by atoms with van der Waals surface area (Å²) in [6.07, 6.45) is -5.03. The quantitative estimate of drug-likeness (QED) is 0.825. The first-order valence-electron chi connectivity index (χ1n) is 5.10. The van der Waals surface area contributed by atoms with E-state index in [1.54, 1.807) is 0 Å². The number of carboxylic acids is 1. The van der Waals surface area contributed by atoms with Crippen LogP contribution in [0.15, 0.2) is 17.0 Å². The maximum atomic E-state index is 13.8. The van der Waals surface area contributed by atoms with Gasteiger partial charge in [-0.25, -0.2) is 17.6 Å². The van der Waals surface area contributed by atoms with Gasteiger partial charge >= 0.3 is 12.3 Å². The van der Waals surface area contributed by atoms with Gasteiger partial charge in [0.1, 0.15) is 4.90 Å². The second-order valence-corrected chi connectivity index (χ2v) is 6.20. The van der Waals surface area contributed by atoms with Gasteiger partial charge in [0.2, 0.25) is 0 Å². The minimum absolute atomic E-state index is 0.385. The molecule has 0 unspecified atom stereocenters. The van der Waals surface area contributed by atoms with Gasteiger partial charge < -0.3 is 5.11 Å². The predicted molar refractivity (Wildman–Crippen MR) is 62.4 cm³/mol. The van der Waals surface area contributed by atoms with Crippen LogP contribution in [0.25, 0.3) is 0 Å². The molecule has 118 valence electrons. The molecule has 11 heteroatoms. The van der Waals surface area contributed by atoms with E-state index in [0.717, 1.165) is 0 Å². The van der Waals surface area contributed by atoms with Crippen molar-refractivity contribution in [1.29, 1.82) is 0 Å². The number of hydrogen-bond acceptors (Lipinski definition) is 4. The van der Waals surface area contributed by atoms with Crippen LogP contribution < -0.4 is 0 Å². The first kappa shape index (κ1) is 17.7. The molecule has 0 bridgehead atoms. The molecule has 0 aliphatic heterocycles. The zero-order valence-corrected chi connectivity index (χ0v) is 11.5. The van der Waals surface area contributed by atoms with Crippen molar-refractivity contribution in [1.82, 2.24) is 0 Å². The number of alkyl halides is 3.